The van der Waals surface area contributed by atoms with Crippen molar-refractivity contribution in [1.82, 2.24) is 29.1 Å². The molecule has 50 heavy (non-hydrogen) atoms. The molecule has 3 aromatic carbocycles. The van der Waals surface area contributed by atoms with E-state index in [1.54, 1.807) is 10.9 Å². The van der Waals surface area contributed by atoms with Crippen molar-refractivity contribution in [1.29, 1.82) is 0 Å². The van der Waals surface area contributed by atoms with Crippen molar-refractivity contribution in [2.45, 2.75) is 44.7 Å². The van der Waals surface area contributed by atoms with Crippen LogP contribution in [0.15, 0.2) is 90.5 Å². The minimum Gasteiger partial charge on any atom is -0.491 e. The number of anilines is 2. The van der Waals surface area contributed by atoms with E-state index in [0.29, 0.717) is 5.75 Å². The largest absolute Gasteiger partial charge is 0.491 e. The Bertz CT molecular complexity index is 1910. The molecule has 4 heterocycles. The summed E-state index contributed by atoms with van der Waals surface area (Å²) in [5, 5.41) is 8.39. The highest BCUT2D eigenvalue weighted by molar-refractivity contribution is 5.54. The van der Waals surface area contributed by atoms with Crippen molar-refractivity contribution in [3.8, 4) is 11.4 Å². The lowest BCUT2D eigenvalue weighted by Gasteiger charge is -2.37. The highest BCUT2D eigenvalue weighted by Gasteiger charge is 2.46. The van der Waals surface area contributed by atoms with E-state index in [1.807, 2.05) is 50.2 Å². The van der Waals surface area contributed by atoms with Crippen LogP contribution in [0.2, 0.25) is 0 Å². The van der Waals surface area contributed by atoms with Crippen molar-refractivity contribution in [2.75, 3.05) is 49.2 Å². The fourth-order valence-electron chi connectivity index (χ4n) is 6.24. The summed E-state index contributed by atoms with van der Waals surface area (Å²) >= 11 is 0. The number of hydrogen-bond acceptors (Lipinski definition) is 9. The predicted octanol–water partition coefficient (Wildman–Crippen LogP) is 3.72. The number of nitrogens with zero attached hydrogens (tertiary/aromatic N) is 8. The summed E-state index contributed by atoms with van der Waals surface area (Å²) < 4.78 is 51.4. The quantitative estimate of drug-likeness (QED) is 0.203. The van der Waals surface area contributed by atoms with Crippen LogP contribution < -0.4 is 20.2 Å². The summed E-state index contributed by atoms with van der Waals surface area (Å²) in [5.41, 5.74) is 2.95. The normalized spacial score (nSPS) is 19.7. The molecule has 0 saturated carbocycles. The van der Waals surface area contributed by atoms with Crippen molar-refractivity contribution < 1.29 is 28.5 Å². The molecule has 264 valence electrons. The van der Waals surface area contributed by atoms with Gasteiger partial charge in [0.25, 0.3) is 0 Å². The first-order chi connectivity index (χ1) is 23.8. The molecule has 0 spiro atoms. The molecule has 3 atom stereocenters. The SMILES string of the molecule is CCC(C)n1ncn(-c2ccc(N3CCN(c4ccc(OC[C@H]5CO[C@](Cn6cncn6)(c6ccc(F)cc6F)O5)cc4)CC3)cc2)c1=O.O. The average molecular weight is 691 g/mol. The first-order valence-corrected chi connectivity index (χ1v) is 16.4. The van der Waals surface area contributed by atoms with E-state index in [-0.39, 0.29) is 42.5 Å². The van der Waals surface area contributed by atoms with Crippen LogP contribution in [0.1, 0.15) is 31.9 Å². The lowest BCUT2D eigenvalue weighted by molar-refractivity contribution is -0.192. The van der Waals surface area contributed by atoms with Crippen LogP contribution in [0.5, 0.6) is 5.75 Å². The predicted molar refractivity (Wildman–Crippen MR) is 182 cm³/mol. The van der Waals surface area contributed by atoms with E-state index < -0.39 is 23.5 Å². The van der Waals surface area contributed by atoms with Crippen molar-refractivity contribution >= 4 is 11.4 Å². The summed E-state index contributed by atoms with van der Waals surface area (Å²) in [5.74, 6) is -2.30. The van der Waals surface area contributed by atoms with Crippen LogP contribution in [-0.2, 0) is 21.8 Å². The van der Waals surface area contributed by atoms with E-state index in [4.69, 9.17) is 14.2 Å². The van der Waals surface area contributed by atoms with E-state index in [0.717, 1.165) is 55.7 Å². The molecule has 2 fully saturated rings. The monoisotopic (exact) mass is 690 g/mol. The Kier molecular flexibility index (Phi) is 10.3. The van der Waals surface area contributed by atoms with Gasteiger partial charge in [0.05, 0.1) is 18.3 Å². The van der Waals surface area contributed by atoms with Gasteiger partial charge in [0.1, 0.15) is 55.6 Å². The Hall–Kier alpha value is -5.12. The zero-order valence-corrected chi connectivity index (χ0v) is 27.9. The van der Waals surface area contributed by atoms with Crippen LogP contribution in [0.4, 0.5) is 20.2 Å². The van der Waals surface area contributed by atoms with Gasteiger partial charge in [-0.15, -0.1) is 0 Å². The second-order valence-corrected chi connectivity index (χ2v) is 12.3. The third kappa shape index (κ3) is 7.11. The van der Waals surface area contributed by atoms with Crippen molar-refractivity contribution in [2.24, 2.45) is 0 Å². The first-order valence-electron chi connectivity index (χ1n) is 16.4. The van der Waals surface area contributed by atoms with E-state index in [1.165, 1.54) is 34.2 Å². The molecule has 13 nitrogen and oxygen atoms in total. The van der Waals surface area contributed by atoms with Gasteiger partial charge in [0.15, 0.2) is 0 Å². The summed E-state index contributed by atoms with van der Waals surface area (Å²) in [4.78, 5) is 21.4. The molecule has 0 radical (unpaired) electrons. The number of benzene rings is 3. The highest BCUT2D eigenvalue weighted by Crippen LogP contribution is 2.38. The number of hydrogen-bond donors (Lipinski definition) is 0. The fraction of sp³-hybridized carbons (Fsp3) is 0.371. The average Bonchev–Trinajstić information content (AvgIpc) is 3.88. The standard InChI is InChI=1S/C35H38F2N8O4.H2O/c1-3-25(2)45-34(46)44(24-40-45)29-7-5-27(6-8-29)41-14-16-42(17-15-41)28-9-11-30(12-10-28)47-19-31-20-48-35(49-31,21-43-23-38-22-39-43)32-13-4-26(36)18-33(32)37;/h4-13,18,22-25,31H,3,14-17,19-21H2,1-2H3;1H2/t25?,31-,35-;/m0./s1. The molecule has 5 aromatic rings. The number of ether oxygens (including phenoxy) is 3. The van der Waals surface area contributed by atoms with Gasteiger partial charge in [0, 0.05) is 49.2 Å². The van der Waals surface area contributed by atoms with Crippen molar-refractivity contribution in [3.05, 3.63) is 113 Å². The maximum atomic E-state index is 14.9. The molecule has 0 bridgehead atoms. The number of halogens is 2. The van der Waals surface area contributed by atoms with Gasteiger partial charge >= 0.3 is 5.69 Å². The fourth-order valence-corrected chi connectivity index (χ4v) is 6.24. The molecule has 1 unspecified atom stereocenters. The molecule has 7 rings (SSSR count). The number of rotatable bonds is 11. The zero-order chi connectivity index (χ0) is 34.0. The van der Waals surface area contributed by atoms with Gasteiger partial charge in [-0.05, 0) is 74.0 Å². The maximum absolute atomic E-state index is 14.9. The summed E-state index contributed by atoms with van der Waals surface area (Å²) in [6.45, 7) is 7.80. The van der Waals surface area contributed by atoms with Gasteiger partial charge < -0.3 is 29.5 Å². The Morgan fingerprint density at radius 2 is 1.58 bits per heavy atom. The Labute approximate surface area is 287 Å². The van der Waals surface area contributed by atoms with Crippen LogP contribution in [0.25, 0.3) is 5.69 Å². The highest BCUT2D eigenvalue weighted by atomic mass is 19.1. The minimum absolute atomic E-state index is 0. The second-order valence-electron chi connectivity index (χ2n) is 12.3. The lowest BCUT2D eigenvalue weighted by atomic mass is 10.0. The Morgan fingerprint density at radius 3 is 2.20 bits per heavy atom. The van der Waals surface area contributed by atoms with Crippen LogP contribution >= 0.6 is 0 Å². The molecular weight excluding hydrogens is 650 g/mol. The summed E-state index contributed by atoms with van der Waals surface area (Å²) in [6, 6.07) is 19.3. The Balaban J connectivity index is 0.00000432. The van der Waals surface area contributed by atoms with Gasteiger partial charge in [-0.1, -0.05) is 6.92 Å². The third-order valence-corrected chi connectivity index (χ3v) is 9.15. The molecule has 15 heteroatoms. The molecule has 2 N–H and O–H groups in total. The van der Waals surface area contributed by atoms with Crippen LogP contribution in [0.3, 0.4) is 0 Å². The molecular formula is C35H40F2N8O5. The van der Waals surface area contributed by atoms with Gasteiger partial charge in [-0.2, -0.15) is 10.2 Å². The Morgan fingerprint density at radius 1 is 0.920 bits per heavy atom. The van der Waals surface area contributed by atoms with Crippen LogP contribution in [-0.4, -0.2) is 80.1 Å². The lowest BCUT2D eigenvalue weighted by Crippen LogP contribution is -2.46. The van der Waals surface area contributed by atoms with E-state index in [2.05, 4.69) is 37.1 Å². The molecule has 2 saturated heterocycles. The molecule has 2 aliphatic heterocycles. The molecule has 0 aliphatic carbocycles. The zero-order valence-electron chi connectivity index (χ0n) is 27.9. The summed E-state index contributed by atoms with van der Waals surface area (Å²) in [7, 11) is 0. The van der Waals surface area contributed by atoms with Crippen LogP contribution in [0, 0.1) is 11.6 Å². The van der Waals surface area contributed by atoms with E-state index >= 15 is 0 Å². The first kappa shape index (κ1) is 34.7. The van der Waals surface area contributed by atoms with E-state index in [9.17, 15) is 13.6 Å². The molecule has 2 aromatic heterocycles. The molecule has 0 amide bonds. The third-order valence-electron chi connectivity index (χ3n) is 9.15. The second kappa shape index (κ2) is 14.8. The minimum atomic E-state index is -1.51. The smallest absolute Gasteiger partial charge is 0.350 e. The topological polar surface area (TPSA) is 136 Å². The number of piperazine rings is 1. The van der Waals surface area contributed by atoms with Gasteiger partial charge in [0.2, 0.25) is 5.79 Å². The van der Waals surface area contributed by atoms with Gasteiger partial charge in [-0.3, -0.25) is 0 Å². The van der Waals surface area contributed by atoms with Crippen molar-refractivity contribution in [3.63, 3.8) is 0 Å². The number of aromatic nitrogens is 6. The van der Waals surface area contributed by atoms with Gasteiger partial charge in [-0.25, -0.2) is 32.5 Å². The molecule has 2 aliphatic rings. The summed E-state index contributed by atoms with van der Waals surface area (Å²) in [6.07, 6.45) is 4.77. The maximum Gasteiger partial charge on any atom is 0.350 e.